The van der Waals surface area contributed by atoms with E-state index in [9.17, 15) is 13.2 Å². The third-order valence-electron chi connectivity index (χ3n) is 3.99. The van der Waals surface area contributed by atoms with Crippen LogP contribution in [0.5, 0.6) is 0 Å². The summed E-state index contributed by atoms with van der Waals surface area (Å²) in [4.78, 5) is 12.3. The summed E-state index contributed by atoms with van der Waals surface area (Å²) in [5.41, 5.74) is 6.66. The molecule has 1 fully saturated rings. The summed E-state index contributed by atoms with van der Waals surface area (Å²) in [5.74, 6) is -0.831. The van der Waals surface area contributed by atoms with Crippen LogP contribution in [0.4, 0.5) is 0 Å². The molecule has 1 aromatic carbocycles. The lowest BCUT2D eigenvalue weighted by molar-refractivity contribution is 0.0975. The molecule has 12 heteroatoms. The second-order valence-corrected chi connectivity index (χ2v) is 8.11. The molecule has 146 valence electrons. The topological polar surface area (TPSA) is 143 Å². The molecule has 1 aromatic heterocycles. The van der Waals surface area contributed by atoms with Gasteiger partial charge in [0.1, 0.15) is 0 Å². The van der Waals surface area contributed by atoms with E-state index in [-0.39, 0.29) is 28.2 Å². The zero-order valence-electron chi connectivity index (χ0n) is 14.2. The van der Waals surface area contributed by atoms with Crippen LogP contribution in [0.3, 0.4) is 0 Å². The number of nitrogens with zero attached hydrogens (tertiary/aromatic N) is 2. The number of benzene rings is 1. The van der Waals surface area contributed by atoms with E-state index in [0.29, 0.717) is 16.9 Å². The molecule has 2 aromatic rings. The molecule has 1 aliphatic carbocycles. The van der Waals surface area contributed by atoms with E-state index in [2.05, 4.69) is 15.1 Å². The van der Waals surface area contributed by atoms with E-state index in [4.69, 9.17) is 22.7 Å². The summed E-state index contributed by atoms with van der Waals surface area (Å²) >= 11 is 6.29. The van der Waals surface area contributed by atoms with Gasteiger partial charge in [0.2, 0.25) is 10.0 Å². The quantitative estimate of drug-likeness (QED) is 0.416. The third-order valence-corrected chi connectivity index (χ3v) is 5.70. The number of rotatable bonds is 5. The summed E-state index contributed by atoms with van der Waals surface area (Å²) < 4.78 is 27.6. The van der Waals surface area contributed by atoms with E-state index in [1.165, 1.54) is 36.1 Å². The van der Waals surface area contributed by atoms with Crippen molar-refractivity contribution in [2.75, 3.05) is 7.05 Å². The Morgan fingerprint density at radius 1 is 1.41 bits per heavy atom. The van der Waals surface area contributed by atoms with Gasteiger partial charge >= 0.3 is 0 Å². The highest BCUT2D eigenvalue weighted by molar-refractivity contribution is 7.89. The number of sulfonamides is 1. The van der Waals surface area contributed by atoms with Crippen LogP contribution >= 0.6 is 24.0 Å². The van der Waals surface area contributed by atoms with Crippen molar-refractivity contribution in [2.24, 2.45) is 5.73 Å². The molecule has 9 nitrogen and oxygen atoms in total. The minimum Gasteiger partial charge on any atom is -0.370 e. The largest absolute Gasteiger partial charge is 0.370 e. The fourth-order valence-corrected chi connectivity index (χ4v) is 3.69. The van der Waals surface area contributed by atoms with E-state index in [1.807, 2.05) is 0 Å². The summed E-state index contributed by atoms with van der Waals surface area (Å²) in [7, 11) is -2.31. The average Bonchev–Trinajstić information content (AvgIpc) is 3.32. The first-order chi connectivity index (χ1) is 12.2. The number of carbonyl (C=O) groups excluding carboxylic acids is 1. The number of nitrogens with one attached hydrogen (secondary N) is 3. The number of aromatic nitrogens is 2. The van der Waals surface area contributed by atoms with Gasteiger partial charge in [0, 0.05) is 5.92 Å². The average molecular weight is 433 g/mol. The van der Waals surface area contributed by atoms with Crippen LogP contribution < -0.4 is 15.8 Å². The van der Waals surface area contributed by atoms with Crippen LogP contribution in [0.25, 0.3) is 5.69 Å². The number of hydrogen-bond acceptors (Lipinski definition) is 5. The first-order valence-electron chi connectivity index (χ1n) is 7.71. The van der Waals surface area contributed by atoms with Gasteiger partial charge in [0.05, 0.1) is 33.1 Å². The van der Waals surface area contributed by atoms with Gasteiger partial charge in [0.25, 0.3) is 5.91 Å². The molecule has 0 unspecified atom stereocenters. The van der Waals surface area contributed by atoms with Crippen molar-refractivity contribution in [1.82, 2.24) is 19.8 Å². The van der Waals surface area contributed by atoms with Crippen molar-refractivity contribution in [3.63, 3.8) is 0 Å². The van der Waals surface area contributed by atoms with E-state index >= 15 is 0 Å². The van der Waals surface area contributed by atoms with E-state index in [0.717, 1.165) is 12.8 Å². The maximum absolute atomic E-state index is 12.3. The molecule has 0 atom stereocenters. The first-order valence-corrected chi connectivity index (χ1v) is 9.57. The van der Waals surface area contributed by atoms with Crippen molar-refractivity contribution in [1.29, 1.82) is 5.41 Å². The Bertz CT molecular complexity index is 1000. The summed E-state index contributed by atoms with van der Waals surface area (Å²) in [6.07, 6.45) is 3.19. The van der Waals surface area contributed by atoms with Gasteiger partial charge in [-0.25, -0.2) is 17.8 Å². The zero-order valence-corrected chi connectivity index (χ0v) is 16.6. The summed E-state index contributed by atoms with van der Waals surface area (Å²) in [6, 6.07) is 4.29. The lowest BCUT2D eigenvalue weighted by Gasteiger charge is -2.12. The minimum absolute atomic E-state index is 0. The molecule has 0 aliphatic heterocycles. The highest BCUT2D eigenvalue weighted by Gasteiger charge is 2.33. The van der Waals surface area contributed by atoms with Gasteiger partial charge in [-0.05, 0) is 38.1 Å². The van der Waals surface area contributed by atoms with Crippen LogP contribution in [-0.4, -0.2) is 37.1 Å². The molecule has 1 aliphatic rings. The van der Waals surface area contributed by atoms with Crippen LogP contribution in [0.1, 0.15) is 34.8 Å². The molecule has 3 rings (SSSR count). The Labute approximate surface area is 167 Å². The molecular weight excluding hydrogens is 415 g/mol. The second-order valence-electron chi connectivity index (χ2n) is 5.82. The zero-order chi connectivity index (χ0) is 19.1. The van der Waals surface area contributed by atoms with Gasteiger partial charge in [-0.1, -0.05) is 11.6 Å². The van der Waals surface area contributed by atoms with Gasteiger partial charge < -0.3 is 5.73 Å². The van der Waals surface area contributed by atoms with Gasteiger partial charge in [-0.3, -0.25) is 15.5 Å². The molecule has 1 saturated carbocycles. The highest BCUT2D eigenvalue weighted by Crippen LogP contribution is 2.43. The predicted molar refractivity (Wildman–Crippen MR) is 103 cm³/mol. The van der Waals surface area contributed by atoms with Crippen molar-refractivity contribution in [2.45, 2.75) is 23.7 Å². The molecule has 0 saturated heterocycles. The lowest BCUT2D eigenvalue weighted by Crippen LogP contribution is -2.36. The predicted octanol–water partition coefficient (Wildman–Crippen LogP) is 1.36. The number of halogens is 2. The molecular formula is C15H18Cl2N6O3S. The number of hydrogen-bond donors (Lipinski definition) is 4. The molecule has 5 N–H and O–H groups in total. The molecule has 0 spiro atoms. The van der Waals surface area contributed by atoms with E-state index in [1.54, 1.807) is 0 Å². The summed E-state index contributed by atoms with van der Waals surface area (Å²) in [6.45, 7) is 0. The summed E-state index contributed by atoms with van der Waals surface area (Å²) in [5, 5.41) is 13.9. The Morgan fingerprint density at radius 3 is 2.59 bits per heavy atom. The molecule has 27 heavy (non-hydrogen) atoms. The molecule has 1 amide bonds. The van der Waals surface area contributed by atoms with Crippen molar-refractivity contribution >= 4 is 45.9 Å². The van der Waals surface area contributed by atoms with Crippen molar-refractivity contribution in [3.05, 3.63) is 40.7 Å². The maximum Gasteiger partial charge on any atom is 0.261 e. The Hall–Kier alpha value is -2.14. The fraction of sp³-hybridized carbons (Fsp3) is 0.267. The number of guanidine groups is 1. The Kier molecular flexibility index (Phi) is 6.15. The normalized spacial score (nSPS) is 13.7. The number of nitrogens with two attached hydrogens (primary N) is 1. The van der Waals surface area contributed by atoms with Crippen molar-refractivity contribution < 1.29 is 13.2 Å². The Balaban J connectivity index is 0.00000261. The maximum atomic E-state index is 12.3. The number of amides is 1. The lowest BCUT2D eigenvalue weighted by atomic mass is 10.1. The van der Waals surface area contributed by atoms with E-state index < -0.39 is 21.9 Å². The van der Waals surface area contributed by atoms with Gasteiger partial charge in [-0.2, -0.15) is 5.10 Å². The monoisotopic (exact) mass is 432 g/mol. The molecule has 0 radical (unpaired) electrons. The Morgan fingerprint density at radius 2 is 2.07 bits per heavy atom. The minimum atomic E-state index is -3.62. The smallest absolute Gasteiger partial charge is 0.261 e. The first kappa shape index (κ1) is 21.2. The fourth-order valence-electron chi connectivity index (χ4n) is 2.61. The molecule has 1 heterocycles. The van der Waals surface area contributed by atoms with Gasteiger partial charge in [-0.15, -0.1) is 12.4 Å². The second kappa shape index (κ2) is 7.85. The standard InChI is InChI=1S/C15H17ClN6O3S.ClH/c1-19-26(24,25)9-4-5-12(11(16)6-9)22-13(8-2-3-8)10(7-20-22)14(23)21-15(17)18;/h4-8,19H,2-3H2,1H3,(H4,17,18,21,23);1H. The SMILES string of the molecule is CNS(=O)(=O)c1ccc(-n2ncc(C(=O)NC(=N)N)c2C2CC2)c(Cl)c1.Cl. The van der Waals surface area contributed by atoms with Crippen LogP contribution in [0, 0.1) is 5.41 Å². The van der Waals surface area contributed by atoms with Crippen molar-refractivity contribution in [3.8, 4) is 5.69 Å². The van der Waals surface area contributed by atoms with Crippen LogP contribution in [-0.2, 0) is 10.0 Å². The van der Waals surface area contributed by atoms with Crippen LogP contribution in [0.2, 0.25) is 5.02 Å². The van der Waals surface area contributed by atoms with Gasteiger partial charge in [0.15, 0.2) is 5.96 Å². The highest BCUT2D eigenvalue weighted by atomic mass is 35.5. The third kappa shape index (κ3) is 4.24. The number of carbonyl (C=O) groups is 1. The van der Waals surface area contributed by atoms with Crippen LogP contribution in [0.15, 0.2) is 29.3 Å². The molecule has 0 bridgehead atoms.